The van der Waals surface area contributed by atoms with Gasteiger partial charge in [0.1, 0.15) is 17.0 Å². The third-order valence-corrected chi connectivity index (χ3v) is 4.68. The van der Waals surface area contributed by atoms with Crippen LogP contribution < -0.4 is 10.0 Å². The summed E-state index contributed by atoms with van der Waals surface area (Å²) in [6.07, 6.45) is 2.04. The van der Waals surface area contributed by atoms with Gasteiger partial charge in [0.05, 0.1) is 11.4 Å². The molecular formula is C11H19N7O2S. The predicted octanol–water partition coefficient (Wildman–Crippen LogP) is -0.913. The van der Waals surface area contributed by atoms with E-state index in [0.29, 0.717) is 24.4 Å². The number of hydrogen-bond donors (Lipinski definition) is 3. The van der Waals surface area contributed by atoms with E-state index in [2.05, 4.69) is 30.4 Å². The van der Waals surface area contributed by atoms with Gasteiger partial charge in [0.2, 0.25) is 10.0 Å². The number of rotatable bonds is 7. The minimum absolute atomic E-state index is 0.204. The van der Waals surface area contributed by atoms with Crippen LogP contribution in [-0.2, 0) is 30.0 Å². The lowest BCUT2D eigenvalue weighted by atomic mass is 10.4. The third kappa shape index (κ3) is 3.46. The molecule has 2 heterocycles. The van der Waals surface area contributed by atoms with Crippen LogP contribution in [0.3, 0.4) is 0 Å². The summed E-state index contributed by atoms with van der Waals surface area (Å²) < 4.78 is 29.1. The second kappa shape index (κ2) is 6.33. The first-order valence-corrected chi connectivity index (χ1v) is 7.95. The molecule has 0 saturated carbocycles. The molecule has 9 nitrogen and oxygen atoms in total. The van der Waals surface area contributed by atoms with Crippen LogP contribution in [-0.4, -0.2) is 47.0 Å². The van der Waals surface area contributed by atoms with Crippen molar-refractivity contribution in [2.24, 2.45) is 7.05 Å². The lowest BCUT2D eigenvalue weighted by Crippen LogP contribution is -2.28. The van der Waals surface area contributed by atoms with Crippen molar-refractivity contribution >= 4 is 10.0 Å². The van der Waals surface area contributed by atoms with Crippen molar-refractivity contribution < 1.29 is 8.42 Å². The van der Waals surface area contributed by atoms with Crippen molar-refractivity contribution in [3.63, 3.8) is 0 Å². The van der Waals surface area contributed by atoms with E-state index in [9.17, 15) is 8.42 Å². The number of nitrogens with zero attached hydrogens (tertiary/aromatic N) is 4. The van der Waals surface area contributed by atoms with Crippen molar-refractivity contribution in [1.29, 1.82) is 0 Å². The Hall–Kier alpha value is -1.78. The zero-order valence-corrected chi connectivity index (χ0v) is 13.0. The topological polar surface area (TPSA) is 118 Å². The maximum Gasteiger partial charge on any atom is 0.244 e. The minimum Gasteiger partial charge on any atom is -0.321 e. The molecule has 0 atom stereocenters. The van der Waals surface area contributed by atoms with Crippen LogP contribution in [0.5, 0.6) is 0 Å². The highest BCUT2D eigenvalue weighted by Crippen LogP contribution is 2.17. The molecule has 0 aliphatic carbocycles. The highest BCUT2D eigenvalue weighted by Gasteiger charge is 2.23. The van der Waals surface area contributed by atoms with Crippen LogP contribution in [0.4, 0.5) is 0 Å². The minimum atomic E-state index is -3.61. The molecule has 0 bridgehead atoms. The zero-order chi connectivity index (χ0) is 15.5. The van der Waals surface area contributed by atoms with Crippen molar-refractivity contribution in [2.45, 2.75) is 24.8 Å². The van der Waals surface area contributed by atoms with Gasteiger partial charge in [-0.25, -0.2) is 13.1 Å². The Labute approximate surface area is 123 Å². The van der Waals surface area contributed by atoms with Crippen LogP contribution >= 0.6 is 0 Å². The Morgan fingerprint density at radius 2 is 2.19 bits per heavy atom. The zero-order valence-electron chi connectivity index (χ0n) is 12.2. The molecule has 2 rings (SSSR count). The number of aromatic amines is 1. The first-order valence-electron chi connectivity index (χ1n) is 6.46. The highest BCUT2D eigenvalue weighted by molar-refractivity contribution is 7.89. The van der Waals surface area contributed by atoms with E-state index in [-0.39, 0.29) is 11.4 Å². The van der Waals surface area contributed by atoms with Crippen LogP contribution in [0.15, 0.2) is 11.2 Å². The Morgan fingerprint density at radius 3 is 2.81 bits per heavy atom. The van der Waals surface area contributed by atoms with Gasteiger partial charge in [-0.1, -0.05) is 0 Å². The molecule has 0 spiro atoms. The fourth-order valence-corrected chi connectivity index (χ4v) is 3.41. The summed E-state index contributed by atoms with van der Waals surface area (Å²) in [5.74, 6) is 0.720. The Bertz CT molecular complexity index is 704. The lowest BCUT2D eigenvalue weighted by Gasteiger charge is -2.07. The monoisotopic (exact) mass is 313 g/mol. The fourth-order valence-electron chi connectivity index (χ4n) is 2.02. The molecule has 2 aromatic rings. The van der Waals surface area contributed by atoms with E-state index in [1.54, 1.807) is 24.9 Å². The first-order chi connectivity index (χ1) is 9.95. The molecule has 21 heavy (non-hydrogen) atoms. The molecule has 0 fully saturated rings. The van der Waals surface area contributed by atoms with Gasteiger partial charge in [0, 0.05) is 26.6 Å². The second-order valence-electron chi connectivity index (χ2n) is 4.66. The van der Waals surface area contributed by atoms with E-state index < -0.39 is 10.0 Å². The van der Waals surface area contributed by atoms with E-state index in [0.717, 1.165) is 5.82 Å². The number of nitrogens with one attached hydrogen (secondary N) is 3. The number of aromatic nitrogens is 5. The quantitative estimate of drug-likeness (QED) is 0.609. The van der Waals surface area contributed by atoms with Gasteiger partial charge in [-0.2, -0.15) is 5.10 Å². The molecule has 10 heteroatoms. The Morgan fingerprint density at radius 1 is 1.43 bits per heavy atom. The van der Waals surface area contributed by atoms with E-state index >= 15 is 0 Å². The standard InChI is InChI=1S/C11H19N7O2S/c1-8-11(9(6-12-2)16-15-8)21(19,20)14-5-4-10-17-13-7-18(10)3/h7,12,14H,4-6H2,1-3H3,(H,15,16). The van der Waals surface area contributed by atoms with Crippen molar-refractivity contribution in [1.82, 2.24) is 35.0 Å². The van der Waals surface area contributed by atoms with Crippen molar-refractivity contribution in [2.75, 3.05) is 13.6 Å². The average Bonchev–Trinajstić information content (AvgIpc) is 2.97. The van der Waals surface area contributed by atoms with E-state index in [1.807, 2.05) is 7.05 Å². The second-order valence-corrected chi connectivity index (χ2v) is 6.36. The van der Waals surface area contributed by atoms with Gasteiger partial charge in [-0.15, -0.1) is 10.2 Å². The summed E-state index contributed by atoms with van der Waals surface area (Å²) in [5.41, 5.74) is 0.993. The third-order valence-electron chi connectivity index (χ3n) is 3.02. The molecule has 0 unspecified atom stereocenters. The molecular weight excluding hydrogens is 294 g/mol. The molecule has 0 amide bonds. The molecule has 0 aromatic carbocycles. The molecule has 0 aliphatic heterocycles. The van der Waals surface area contributed by atoms with Crippen molar-refractivity contribution in [3.05, 3.63) is 23.5 Å². The van der Waals surface area contributed by atoms with Gasteiger partial charge < -0.3 is 9.88 Å². The summed E-state index contributed by atoms with van der Waals surface area (Å²) in [4.78, 5) is 0.204. The summed E-state index contributed by atoms with van der Waals surface area (Å²) in [6.45, 7) is 2.31. The van der Waals surface area contributed by atoms with Crippen LogP contribution in [0.1, 0.15) is 17.2 Å². The molecule has 0 radical (unpaired) electrons. The van der Waals surface area contributed by atoms with Crippen LogP contribution in [0, 0.1) is 6.92 Å². The first kappa shape index (κ1) is 15.6. The van der Waals surface area contributed by atoms with E-state index in [4.69, 9.17) is 0 Å². The Kier molecular flexibility index (Phi) is 4.70. The Balaban J connectivity index is 2.08. The van der Waals surface area contributed by atoms with Gasteiger partial charge >= 0.3 is 0 Å². The molecule has 0 aliphatic rings. The van der Waals surface area contributed by atoms with Gasteiger partial charge in [-0.3, -0.25) is 5.10 Å². The molecule has 116 valence electrons. The van der Waals surface area contributed by atoms with Gasteiger partial charge in [0.25, 0.3) is 0 Å². The average molecular weight is 313 g/mol. The summed E-state index contributed by atoms with van der Waals surface area (Å²) in [5, 5.41) is 17.3. The maximum atomic E-state index is 12.4. The molecule has 0 saturated heterocycles. The SMILES string of the molecule is CNCc1n[nH]c(C)c1S(=O)(=O)NCCc1nncn1C. The molecule has 3 N–H and O–H groups in total. The predicted molar refractivity (Wildman–Crippen MR) is 76.0 cm³/mol. The number of H-pyrrole nitrogens is 1. The summed E-state index contributed by atoms with van der Waals surface area (Å²) >= 11 is 0. The summed E-state index contributed by atoms with van der Waals surface area (Å²) in [7, 11) is -0.0552. The highest BCUT2D eigenvalue weighted by atomic mass is 32.2. The van der Waals surface area contributed by atoms with Crippen LogP contribution in [0.2, 0.25) is 0 Å². The normalized spacial score (nSPS) is 12.0. The largest absolute Gasteiger partial charge is 0.321 e. The smallest absolute Gasteiger partial charge is 0.244 e. The van der Waals surface area contributed by atoms with Gasteiger partial charge in [0.15, 0.2) is 0 Å². The summed E-state index contributed by atoms with van der Waals surface area (Å²) in [6, 6.07) is 0. The number of aryl methyl sites for hydroxylation is 2. The fraction of sp³-hybridized carbons (Fsp3) is 0.545. The van der Waals surface area contributed by atoms with Gasteiger partial charge in [-0.05, 0) is 14.0 Å². The van der Waals surface area contributed by atoms with E-state index in [1.165, 1.54) is 0 Å². The lowest BCUT2D eigenvalue weighted by molar-refractivity contribution is 0.577. The molecule has 2 aromatic heterocycles. The maximum absolute atomic E-state index is 12.4. The van der Waals surface area contributed by atoms with Crippen molar-refractivity contribution in [3.8, 4) is 0 Å². The number of sulfonamides is 1. The van der Waals surface area contributed by atoms with Crippen LogP contribution in [0.25, 0.3) is 0 Å². The number of hydrogen-bond acceptors (Lipinski definition) is 6.